The predicted molar refractivity (Wildman–Crippen MR) is 126 cm³/mol. The Morgan fingerprint density at radius 2 is 1.23 bits per heavy atom. The average molecular weight is 421 g/mol. The summed E-state index contributed by atoms with van der Waals surface area (Å²) in [5.41, 5.74) is 0.386. The average Bonchev–Trinajstić information content (AvgIpc) is 2.55. The number of amides is 1. The monoisotopic (exact) mass is 420 g/mol. The fourth-order valence-electron chi connectivity index (χ4n) is 8.12. The minimum atomic E-state index is 0.0606. The Labute approximate surface area is 186 Å². The van der Waals surface area contributed by atoms with Gasteiger partial charge in [-0.3, -0.25) is 9.38 Å². The lowest BCUT2D eigenvalue weighted by Gasteiger charge is -2.61. The van der Waals surface area contributed by atoms with Crippen LogP contribution in [0.25, 0.3) is 0 Å². The van der Waals surface area contributed by atoms with Crippen LogP contribution in [0.15, 0.2) is 0 Å². The molecule has 0 radical (unpaired) electrons. The number of quaternary nitrogens is 1. The van der Waals surface area contributed by atoms with E-state index in [9.17, 15) is 4.79 Å². The number of rotatable bonds is 1. The third-order valence-electron chi connectivity index (χ3n) is 8.65. The molecular formula is C26H50N3O+. The molecule has 1 amide bonds. The second-order valence-corrected chi connectivity index (χ2v) is 13.4. The standard InChI is InChI=1S/C26H50N3O/c1-20(30)29(21-16-23(2,3)27-24(4,5)17-21)15-13-11-10-12-14-28-25(6,7)18-22(29)19-26(28,8)9/h21-22,27H,10-19H2,1-9H3/q+1. The van der Waals surface area contributed by atoms with Gasteiger partial charge in [0, 0.05) is 47.8 Å². The molecule has 4 saturated heterocycles. The summed E-state index contributed by atoms with van der Waals surface area (Å²) in [6, 6.07) is 0.814. The molecule has 2 bridgehead atoms. The molecule has 4 aliphatic rings. The fourth-order valence-corrected chi connectivity index (χ4v) is 8.12. The largest absolute Gasteiger partial charge is 0.311 e. The predicted octanol–water partition coefficient (Wildman–Crippen LogP) is 5.25. The summed E-state index contributed by atoms with van der Waals surface area (Å²) >= 11 is 0. The van der Waals surface area contributed by atoms with Gasteiger partial charge in [0.25, 0.3) is 0 Å². The van der Waals surface area contributed by atoms with E-state index in [-0.39, 0.29) is 22.2 Å². The molecule has 4 heteroatoms. The Morgan fingerprint density at radius 1 is 0.767 bits per heavy atom. The van der Waals surface area contributed by atoms with Crippen LogP contribution in [0, 0.1) is 0 Å². The summed E-state index contributed by atoms with van der Waals surface area (Å²) in [7, 11) is 0. The van der Waals surface area contributed by atoms with Crippen molar-refractivity contribution in [1.29, 1.82) is 0 Å². The number of piperidine rings is 2. The van der Waals surface area contributed by atoms with Crippen LogP contribution in [0.5, 0.6) is 0 Å². The molecule has 0 aliphatic carbocycles. The number of nitrogens with one attached hydrogen (secondary N) is 1. The van der Waals surface area contributed by atoms with Crippen LogP contribution in [-0.4, -0.2) is 62.6 Å². The number of nitrogens with zero attached hydrogens (tertiary/aromatic N) is 2. The van der Waals surface area contributed by atoms with Gasteiger partial charge in [-0.15, -0.1) is 0 Å². The third kappa shape index (κ3) is 4.52. The Hall–Kier alpha value is -0.450. The molecular weight excluding hydrogens is 370 g/mol. The summed E-state index contributed by atoms with van der Waals surface area (Å²) in [5, 5.41) is 3.86. The highest BCUT2D eigenvalue weighted by molar-refractivity contribution is 5.66. The van der Waals surface area contributed by atoms with Crippen LogP contribution in [0.4, 0.5) is 0 Å². The van der Waals surface area contributed by atoms with E-state index in [1.54, 1.807) is 0 Å². The van der Waals surface area contributed by atoms with E-state index in [4.69, 9.17) is 0 Å². The molecule has 4 rings (SSSR count). The van der Waals surface area contributed by atoms with Crippen molar-refractivity contribution in [2.24, 2.45) is 0 Å². The van der Waals surface area contributed by atoms with Crippen molar-refractivity contribution in [2.45, 2.75) is 148 Å². The van der Waals surface area contributed by atoms with Crippen molar-refractivity contribution < 1.29 is 9.28 Å². The highest BCUT2D eigenvalue weighted by Crippen LogP contribution is 2.47. The van der Waals surface area contributed by atoms with E-state index in [1.165, 1.54) is 32.2 Å². The zero-order valence-electron chi connectivity index (χ0n) is 21.5. The number of fused-ring (bicyclic) bond motifs is 8. The molecule has 0 saturated carbocycles. The maximum atomic E-state index is 13.7. The lowest BCUT2D eigenvalue weighted by molar-refractivity contribution is -0.908. The minimum absolute atomic E-state index is 0.0606. The Morgan fingerprint density at radius 3 is 1.73 bits per heavy atom. The third-order valence-corrected chi connectivity index (χ3v) is 8.65. The minimum Gasteiger partial charge on any atom is -0.306 e. The van der Waals surface area contributed by atoms with Crippen molar-refractivity contribution >= 4 is 5.91 Å². The van der Waals surface area contributed by atoms with Gasteiger partial charge in [-0.2, -0.15) is 0 Å². The fraction of sp³-hybridized carbons (Fsp3) is 0.962. The molecule has 30 heavy (non-hydrogen) atoms. The van der Waals surface area contributed by atoms with Gasteiger partial charge in [0.15, 0.2) is 0 Å². The molecule has 1 unspecified atom stereocenters. The van der Waals surface area contributed by atoms with Gasteiger partial charge in [0.1, 0.15) is 0 Å². The maximum absolute atomic E-state index is 13.7. The van der Waals surface area contributed by atoms with E-state index in [1.807, 2.05) is 6.92 Å². The Kier molecular flexibility index (Phi) is 6.33. The van der Waals surface area contributed by atoms with Crippen LogP contribution in [0.1, 0.15) is 114 Å². The summed E-state index contributed by atoms with van der Waals surface area (Å²) in [4.78, 5) is 16.5. The summed E-state index contributed by atoms with van der Waals surface area (Å²) < 4.78 is 0.717. The van der Waals surface area contributed by atoms with Crippen LogP contribution in [0.3, 0.4) is 0 Å². The molecule has 1 atom stereocenters. The van der Waals surface area contributed by atoms with Crippen molar-refractivity contribution in [3.05, 3.63) is 0 Å². The van der Waals surface area contributed by atoms with Crippen LogP contribution >= 0.6 is 0 Å². The van der Waals surface area contributed by atoms with Crippen molar-refractivity contribution in [1.82, 2.24) is 10.2 Å². The van der Waals surface area contributed by atoms with Crippen LogP contribution < -0.4 is 5.32 Å². The first-order chi connectivity index (χ1) is 13.6. The normalized spacial score (nSPS) is 38.6. The summed E-state index contributed by atoms with van der Waals surface area (Å²) in [6.45, 7) is 23.2. The first-order valence-electron chi connectivity index (χ1n) is 12.6. The van der Waals surface area contributed by atoms with Crippen LogP contribution in [-0.2, 0) is 4.79 Å². The first-order valence-corrected chi connectivity index (χ1v) is 12.6. The summed E-state index contributed by atoms with van der Waals surface area (Å²) in [5.74, 6) is 0.415. The van der Waals surface area contributed by atoms with Gasteiger partial charge in [-0.05, 0) is 81.2 Å². The van der Waals surface area contributed by atoms with Crippen molar-refractivity contribution in [3.63, 3.8) is 0 Å². The number of carbonyl (C=O) groups excluding carboxylic acids is 1. The van der Waals surface area contributed by atoms with Gasteiger partial charge < -0.3 is 5.32 Å². The molecule has 4 heterocycles. The topological polar surface area (TPSA) is 32.3 Å². The van der Waals surface area contributed by atoms with Gasteiger partial charge in [0.2, 0.25) is 0 Å². The quantitative estimate of drug-likeness (QED) is 0.588. The molecule has 4 fully saturated rings. The van der Waals surface area contributed by atoms with Gasteiger partial charge in [-0.25, -0.2) is 4.79 Å². The number of hydrogen-bond acceptors (Lipinski definition) is 3. The van der Waals surface area contributed by atoms with Crippen molar-refractivity contribution in [2.75, 3.05) is 13.1 Å². The molecule has 0 aromatic carbocycles. The van der Waals surface area contributed by atoms with E-state index in [0.29, 0.717) is 18.0 Å². The first kappa shape index (κ1) is 24.2. The lowest BCUT2D eigenvalue weighted by Crippen LogP contribution is -2.75. The molecule has 0 spiro atoms. The number of hydrogen-bond donors (Lipinski definition) is 1. The second-order valence-electron chi connectivity index (χ2n) is 13.4. The number of carbonyl (C=O) groups is 1. The highest BCUT2D eigenvalue weighted by atomic mass is 16.2. The Balaban J connectivity index is 2.11. The zero-order chi connectivity index (χ0) is 22.6. The van der Waals surface area contributed by atoms with E-state index in [2.05, 4.69) is 65.6 Å². The maximum Gasteiger partial charge on any atom is 0.311 e. The summed E-state index contributed by atoms with van der Waals surface area (Å²) in [6.07, 6.45) is 9.42. The molecule has 4 nitrogen and oxygen atoms in total. The van der Waals surface area contributed by atoms with Gasteiger partial charge >= 0.3 is 5.91 Å². The highest BCUT2D eigenvalue weighted by Gasteiger charge is 2.58. The smallest absolute Gasteiger partial charge is 0.306 e. The second kappa shape index (κ2) is 7.85. The Bertz CT molecular complexity index is 617. The van der Waals surface area contributed by atoms with E-state index in [0.717, 1.165) is 36.7 Å². The van der Waals surface area contributed by atoms with Gasteiger partial charge in [0.05, 0.1) is 25.6 Å². The van der Waals surface area contributed by atoms with Gasteiger partial charge in [-0.1, -0.05) is 6.42 Å². The molecule has 174 valence electrons. The molecule has 1 N–H and O–H groups in total. The zero-order valence-corrected chi connectivity index (χ0v) is 21.5. The lowest BCUT2D eigenvalue weighted by atomic mass is 9.72. The van der Waals surface area contributed by atoms with E-state index < -0.39 is 0 Å². The SMILES string of the molecule is CC(=O)[N+]1(C2CC(C)(C)NC(C)(C)C2)CCCCCCN2C(C)(C)CC1CC2(C)C. The van der Waals surface area contributed by atoms with E-state index >= 15 is 0 Å². The molecule has 0 aromatic heterocycles. The molecule has 0 aromatic rings. The van der Waals surface area contributed by atoms with Crippen LogP contribution in [0.2, 0.25) is 0 Å². The van der Waals surface area contributed by atoms with Crippen molar-refractivity contribution in [3.8, 4) is 0 Å². The molecule has 4 aliphatic heterocycles.